The Morgan fingerprint density at radius 1 is 0.545 bits per heavy atom. The van der Waals surface area contributed by atoms with Crippen LogP contribution in [0.3, 0.4) is 0 Å². The van der Waals surface area contributed by atoms with E-state index in [0.29, 0.717) is 5.41 Å². The van der Waals surface area contributed by atoms with E-state index in [0.717, 1.165) is 29.6 Å². The third-order valence-electron chi connectivity index (χ3n) is 8.85. The molecule has 4 fully saturated rings. The fraction of sp³-hybridized carbons (Fsp3) is 1.00. The van der Waals surface area contributed by atoms with Gasteiger partial charge in [-0.2, -0.15) is 0 Å². The molecule has 0 radical (unpaired) electrons. The van der Waals surface area contributed by atoms with Crippen molar-refractivity contribution in [2.75, 3.05) is 0 Å². The highest BCUT2D eigenvalue weighted by Crippen LogP contribution is 2.61. The lowest BCUT2D eigenvalue weighted by Crippen LogP contribution is -2.44. The lowest BCUT2D eigenvalue weighted by atomic mass is 9.53. The maximum absolute atomic E-state index is 2.81. The van der Waals surface area contributed by atoms with Crippen molar-refractivity contribution in [3.8, 4) is 0 Å². The highest BCUT2D eigenvalue weighted by atomic mass is 14.6. The molecule has 0 amide bonds. The van der Waals surface area contributed by atoms with Crippen molar-refractivity contribution in [1.82, 2.24) is 0 Å². The van der Waals surface area contributed by atoms with E-state index in [1.807, 2.05) is 0 Å². The van der Waals surface area contributed by atoms with Gasteiger partial charge in [0.25, 0.3) is 0 Å². The summed E-state index contributed by atoms with van der Waals surface area (Å²) in [5.41, 5.74) is 0.716. The SMILES string of the molecule is C[C@@](C1CCCCC1)(C1CCCC1)C1CCC2CCCCC21. The second kappa shape index (κ2) is 6.48. The van der Waals surface area contributed by atoms with Gasteiger partial charge in [0.15, 0.2) is 0 Å². The summed E-state index contributed by atoms with van der Waals surface area (Å²) in [5.74, 6) is 5.52. The van der Waals surface area contributed by atoms with Gasteiger partial charge in [-0.1, -0.05) is 58.3 Å². The summed E-state index contributed by atoms with van der Waals surface area (Å²) in [6.07, 6.45) is 23.4. The van der Waals surface area contributed by atoms with E-state index in [4.69, 9.17) is 0 Å². The highest BCUT2D eigenvalue weighted by Gasteiger charge is 2.53. The molecule has 0 aromatic carbocycles. The number of hydrogen-bond donors (Lipinski definition) is 0. The quantitative estimate of drug-likeness (QED) is 0.527. The highest BCUT2D eigenvalue weighted by molar-refractivity contribution is 5.02. The first-order valence-electron chi connectivity index (χ1n) is 10.8. The van der Waals surface area contributed by atoms with Crippen LogP contribution < -0.4 is 0 Å². The van der Waals surface area contributed by atoms with E-state index in [9.17, 15) is 0 Å². The number of fused-ring (bicyclic) bond motifs is 1. The average molecular weight is 303 g/mol. The third kappa shape index (κ3) is 2.57. The van der Waals surface area contributed by atoms with Crippen molar-refractivity contribution < 1.29 is 0 Å². The van der Waals surface area contributed by atoms with Crippen LogP contribution in [-0.4, -0.2) is 0 Å². The molecule has 4 rings (SSSR count). The summed E-state index contributed by atoms with van der Waals surface area (Å²) < 4.78 is 0. The molecule has 4 aliphatic rings. The van der Waals surface area contributed by atoms with E-state index in [1.165, 1.54) is 38.5 Å². The molecule has 0 heterocycles. The van der Waals surface area contributed by atoms with Gasteiger partial charge in [-0.05, 0) is 80.0 Å². The maximum atomic E-state index is 2.81. The monoisotopic (exact) mass is 302 g/mol. The fourth-order valence-electron chi connectivity index (χ4n) is 7.72. The molecule has 0 aromatic rings. The molecule has 0 saturated heterocycles. The Balaban J connectivity index is 1.61. The van der Waals surface area contributed by atoms with Crippen molar-refractivity contribution in [1.29, 1.82) is 0 Å². The smallest absolute Gasteiger partial charge is 0.0238 e. The summed E-state index contributed by atoms with van der Waals surface area (Å²) in [5, 5.41) is 0. The van der Waals surface area contributed by atoms with Crippen molar-refractivity contribution in [2.24, 2.45) is 35.0 Å². The van der Waals surface area contributed by atoms with E-state index < -0.39 is 0 Å². The third-order valence-corrected chi connectivity index (χ3v) is 8.85. The van der Waals surface area contributed by atoms with Gasteiger partial charge in [0, 0.05) is 0 Å². The normalized spacial score (nSPS) is 40.5. The number of rotatable bonds is 3. The van der Waals surface area contributed by atoms with Crippen molar-refractivity contribution in [3.63, 3.8) is 0 Å². The van der Waals surface area contributed by atoms with Crippen LogP contribution in [0.15, 0.2) is 0 Å². The van der Waals surface area contributed by atoms with Gasteiger partial charge in [-0.25, -0.2) is 0 Å². The minimum Gasteiger partial charge on any atom is -0.0588 e. The van der Waals surface area contributed by atoms with Crippen molar-refractivity contribution in [3.05, 3.63) is 0 Å². The Labute approximate surface area is 138 Å². The second-order valence-corrected chi connectivity index (χ2v) is 9.57. The molecule has 4 aliphatic carbocycles. The molecule has 126 valence electrons. The topological polar surface area (TPSA) is 0 Å². The summed E-state index contributed by atoms with van der Waals surface area (Å²) >= 11 is 0. The number of hydrogen-bond acceptors (Lipinski definition) is 0. The van der Waals surface area contributed by atoms with E-state index in [2.05, 4.69) is 6.92 Å². The molecule has 0 bridgehead atoms. The zero-order valence-corrected chi connectivity index (χ0v) is 15.0. The summed E-state index contributed by atoms with van der Waals surface area (Å²) in [4.78, 5) is 0. The predicted octanol–water partition coefficient (Wildman–Crippen LogP) is 6.98. The van der Waals surface area contributed by atoms with Crippen LogP contribution in [0.5, 0.6) is 0 Å². The van der Waals surface area contributed by atoms with Gasteiger partial charge in [-0.3, -0.25) is 0 Å². The van der Waals surface area contributed by atoms with Gasteiger partial charge in [-0.15, -0.1) is 0 Å². The lowest BCUT2D eigenvalue weighted by Gasteiger charge is -2.51. The zero-order chi connectivity index (χ0) is 15.0. The van der Waals surface area contributed by atoms with Crippen LogP contribution in [0.4, 0.5) is 0 Å². The van der Waals surface area contributed by atoms with Gasteiger partial charge in [0.1, 0.15) is 0 Å². The van der Waals surface area contributed by atoms with Crippen LogP contribution >= 0.6 is 0 Å². The molecule has 4 atom stereocenters. The summed E-state index contributed by atoms with van der Waals surface area (Å²) in [7, 11) is 0. The Morgan fingerprint density at radius 3 is 1.77 bits per heavy atom. The van der Waals surface area contributed by atoms with E-state index in [-0.39, 0.29) is 0 Å². The maximum Gasteiger partial charge on any atom is -0.0238 e. The van der Waals surface area contributed by atoms with E-state index >= 15 is 0 Å². The van der Waals surface area contributed by atoms with Gasteiger partial charge in [0.05, 0.1) is 0 Å². The van der Waals surface area contributed by atoms with Crippen molar-refractivity contribution >= 4 is 0 Å². The lowest BCUT2D eigenvalue weighted by molar-refractivity contribution is -0.0266. The van der Waals surface area contributed by atoms with Crippen LogP contribution in [0.1, 0.15) is 103 Å². The largest absolute Gasteiger partial charge is 0.0588 e. The van der Waals surface area contributed by atoms with Gasteiger partial charge < -0.3 is 0 Å². The summed E-state index contributed by atoms with van der Waals surface area (Å²) in [6, 6.07) is 0. The molecule has 0 heteroatoms. The van der Waals surface area contributed by atoms with Crippen LogP contribution in [0, 0.1) is 35.0 Å². The molecule has 3 unspecified atom stereocenters. The minimum absolute atomic E-state index is 0.716. The zero-order valence-electron chi connectivity index (χ0n) is 15.0. The van der Waals surface area contributed by atoms with Crippen LogP contribution in [-0.2, 0) is 0 Å². The first-order valence-corrected chi connectivity index (χ1v) is 10.8. The predicted molar refractivity (Wildman–Crippen MR) is 94.8 cm³/mol. The van der Waals surface area contributed by atoms with Crippen LogP contribution in [0.25, 0.3) is 0 Å². The van der Waals surface area contributed by atoms with Crippen LogP contribution in [0.2, 0.25) is 0 Å². The Kier molecular flexibility index (Phi) is 4.57. The molecule has 22 heavy (non-hydrogen) atoms. The minimum atomic E-state index is 0.716. The molecule has 0 spiro atoms. The summed E-state index contributed by atoms with van der Waals surface area (Å²) in [6.45, 7) is 2.81. The first kappa shape index (κ1) is 15.5. The molecular weight excluding hydrogens is 264 g/mol. The van der Waals surface area contributed by atoms with Crippen molar-refractivity contribution in [2.45, 2.75) is 103 Å². The molecule has 0 aromatic heterocycles. The molecule has 0 nitrogen and oxygen atoms in total. The molecule has 0 N–H and O–H groups in total. The van der Waals surface area contributed by atoms with Gasteiger partial charge >= 0.3 is 0 Å². The van der Waals surface area contributed by atoms with Gasteiger partial charge in [0.2, 0.25) is 0 Å². The first-order chi connectivity index (χ1) is 10.8. The Bertz CT molecular complexity index is 360. The molecular formula is C22H38. The molecule has 0 aliphatic heterocycles. The average Bonchev–Trinajstić information content (AvgIpc) is 3.25. The fourth-order valence-corrected chi connectivity index (χ4v) is 7.72. The van der Waals surface area contributed by atoms with E-state index in [1.54, 1.807) is 57.8 Å². The Morgan fingerprint density at radius 2 is 1.09 bits per heavy atom. The Hall–Kier alpha value is 0. The second-order valence-electron chi connectivity index (χ2n) is 9.57. The molecule has 4 saturated carbocycles. The standard InChI is InChI=1S/C22H38/c1-22(19-12-6-7-13-19,18-10-3-2-4-11-18)21-16-15-17-9-5-8-14-20(17)21/h17-21H,2-16H2,1H3/t17?,20?,21?,22-/m1/s1.